The number of rotatable bonds is 11. The lowest BCUT2D eigenvalue weighted by atomic mass is 10.1. The van der Waals surface area contributed by atoms with Gasteiger partial charge in [0.15, 0.2) is 0 Å². The molecule has 0 aliphatic carbocycles. The maximum Gasteiger partial charge on any atom is 0.416 e. The van der Waals surface area contributed by atoms with Gasteiger partial charge in [-0.05, 0) is 53.8 Å². The van der Waals surface area contributed by atoms with Crippen LogP contribution in [-0.4, -0.2) is 45.8 Å². The summed E-state index contributed by atoms with van der Waals surface area (Å²) >= 11 is 6.35. The van der Waals surface area contributed by atoms with Crippen LogP contribution in [0.1, 0.15) is 54.9 Å². The monoisotopic (exact) mass is 561 g/mol. The number of carbonyl (C=O) groups excluding carboxylic acids is 2. The number of alkyl halides is 3. The van der Waals surface area contributed by atoms with Crippen molar-refractivity contribution in [3.05, 3.63) is 94.3 Å². The zero-order valence-corrected chi connectivity index (χ0v) is 23.5. The third-order valence-electron chi connectivity index (χ3n) is 6.15. The van der Waals surface area contributed by atoms with Gasteiger partial charge in [0.1, 0.15) is 6.54 Å². The molecule has 1 aromatic heterocycles. The van der Waals surface area contributed by atoms with E-state index in [0.29, 0.717) is 24.7 Å². The molecule has 0 N–H and O–H groups in total. The summed E-state index contributed by atoms with van der Waals surface area (Å²) in [5.41, 5.74) is 0.865. The number of carbonyl (C=O) groups is 2. The molecular weight excluding hydrogens is 527 g/mol. The summed E-state index contributed by atoms with van der Waals surface area (Å²) in [6.45, 7) is 9.12. The molecule has 0 radical (unpaired) electrons. The van der Waals surface area contributed by atoms with Crippen LogP contribution in [0.15, 0.2) is 66.9 Å². The van der Waals surface area contributed by atoms with Crippen LogP contribution in [0, 0.1) is 11.8 Å². The Hall–Kier alpha value is -3.26. The smallest absolute Gasteiger partial charge is 0.345 e. The minimum absolute atomic E-state index is 0.0129. The molecule has 0 saturated carbocycles. The fourth-order valence-electron chi connectivity index (χ4n) is 4.38. The number of halogens is 4. The molecule has 5 nitrogen and oxygen atoms in total. The normalized spacial score (nSPS) is 11.7. The zero-order chi connectivity index (χ0) is 28.7. The molecule has 0 aliphatic heterocycles. The van der Waals surface area contributed by atoms with Crippen LogP contribution in [0.3, 0.4) is 0 Å². The summed E-state index contributed by atoms with van der Waals surface area (Å²) in [5, 5.41) is 0.657. The second-order valence-electron chi connectivity index (χ2n) is 10.5. The molecule has 0 unspecified atom stereocenters. The number of hydrogen-bond donors (Lipinski definition) is 0. The second-order valence-corrected chi connectivity index (χ2v) is 11.0. The molecule has 0 atom stereocenters. The van der Waals surface area contributed by atoms with E-state index in [1.54, 1.807) is 4.90 Å². The van der Waals surface area contributed by atoms with Crippen molar-refractivity contribution in [3.8, 4) is 0 Å². The highest BCUT2D eigenvalue weighted by Crippen LogP contribution is 2.30. The van der Waals surface area contributed by atoms with Gasteiger partial charge in [0.05, 0.1) is 12.1 Å². The summed E-state index contributed by atoms with van der Waals surface area (Å²) in [6.07, 6.45) is -2.64. The maximum absolute atomic E-state index is 13.6. The van der Waals surface area contributed by atoms with Crippen LogP contribution < -0.4 is 0 Å². The molecule has 2 aromatic carbocycles. The summed E-state index contributed by atoms with van der Waals surface area (Å²) in [4.78, 5) is 30.0. The summed E-state index contributed by atoms with van der Waals surface area (Å²) in [6, 6.07) is 15.8. The Morgan fingerprint density at radius 3 is 2.21 bits per heavy atom. The highest BCUT2D eigenvalue weighted by atomic mass is 35.5. The molecule has 0 fully saturated rings. The van der Waals surface area contributed by atoms with Crippen LogP contribution in [0.25, 0.3) is 0 Å². The van der Waals surface area contributed by atoms with Crippen molar-refractivity contribution < 1.29 is 22.8 Å². The van der Waals surface area contributed by atoms with Crippen molar-refractivity contribution in [2.75, 3.05) is 19.6 Å². The molecule has 0 bridgehead atoms. The van der Waals surface area contributed by atoms with Crippen molar-refractivity contribution in [2.45, 2.75) is 47.0 Å². The SMILES string of the molecule is CC(C)CN(Cc1cccn1Cc1ccccc1Cl)C(=O)CN(CC(C)C)C(=O)c1cccc(C(F)(F)F)c1. The van der Waals surface area contributed by atoms with Gasteiger partial charge >= 0.3 is 6.18 Å². The number of amides is 2. The van der Waals surface area contributed by atoms with Gasteiger partial charge in [0.25, 0.3) is 5.91 Å². The highest BCUT2D eigenvalue weighted by molar-refractivity contribution is 6.31. The van der Waals surface area contributed by atoms with Crippen LogP contribution in [0.5, 0.6) is 0 Å². The Morgan fingerprint density at radius 1 is 0.897 bits per heavy atom. The average Bonchev–Trinajstić information content (AvgIpc) is 3.29. The molecule has 3 aromatic rings. The Balaban J connectivity index is 1.82. The first-order valence-corrected chi connectivity index (χ1v) is 13.3. The molecule has 0 saturated heterocycles. The van der Waals surface area contributed by atoms with Crippen LogP contribution in [0.2, 0.25) is 5.02 Å². The van der Waals surface area contributed by atoms with Gasteiger partial charge in [-0.2, -0.15) is 13.2 Å². The van der Waals surface area contributed by atoms with Gasteiger partial charge in [-0.3, -0.25) is 9.59 Å². The minimum atomic E-state index is -4.57. The lowest BCUT2D eigenvalue weighted by molar-refractivity contribution is -0.137. The lowest BCUT2D eigenvalue weighted by Gasteiger charge is -2.30. The van der Waals surface area contributed by atoms with Gasteiger partial charge in [-0.25, -0.2) is 0 Å². The van der Waals surface area contributed by atoms with Crippen molar-refractivity contribution in [1.29, 1.82) is 0 Å². The van der Waals surface area contributed by atoms with E-state index in [1.807, 2.05) is 74.9 Å². The third-order valence-corrected chi connectivity index (χ3v) is 6.52. The zero-order valence-electron chi connectivity index (χ0n) is 22.7. The van der Waals surface area contributed by atoms with Gasteiger partial charge in [-0.15, -0.1) is 0 Å². The first-order valence-electron chi connectivity index (χ1n) is 13.0. The molecule has 39 heavy (non-hydrogen) atoms. The van der Waals surface area contributed by atoms with E-state index in [0.717, 1.165) is 23.4 Å². The van der Waals surface area contributed by atoms with Crippen LogP contribution in [-0.2, 0) is 24.1 Å². The van der Waals surface area contributed by atoms with Crippen molar-refractivity contribution >= 4 is 23.4 Å². The standard InChI is InChI=1S/C30H35ClF3N3O2/c1-21(2)16-36(19-26-12-8-14-35(26)18-24-9-5-6-13-27(24)31)28(38)20-37(17-22(3)4)29(39)23-10-7-11-25(15-23)30(32,33)34/h5-15,21-22H,16-20H2,1-4H3. The minimum Gasteiger partial charge on any atom is -0.345 e. The van der Waals surface area contributed by atoms with Crippen molar-refractivity contribution in [2.24, 2.45) is 11.8 Å². The van der Waals surface area contributed by atoms with Crippen molar-refractivity contribution in [3.63, 3.8) is 0 Å². The summed E-state index contributed by atoms with van der Waals surface area (Å²) in [7, 11) is 0. The molecule has 210 valence electrons. The summed E-state index contributed by atoms with van der Waals surface area (Å²) in [5.74, 6) is -0.692. The van der Waals surface area contributed by atoms with Gasteiger partial charge < -0.3 is 14.4 Å². The third kappa shape index (κ3) is 8.62. The number of benzene rings is 2. The molecule has 1 heterocycles. The molecular formula is C30H35ClF3N3O2. The largest absolute Gasteiger partial charge is 0.416 e. The number of hydrogen-bond acceptors (Lipinski definition) is 2. The molecule has 2 amide bonds. The van der Waals surface area contributed by atoms with Crippen molar-refractivity contribution in [1.82, 2.24) is 14.4 Å². The number of aromatic nitrogens is 1. The van der Waals surface area contributed by atoms with E-state index in [1.165, 1.54) is 17.0 Å². The number of nitrogens with zero attached hydrogens (tertiary/aromatic N) is 3. The fourth-order valence-corrected chi connectivity index (χ4v) is 4.58. The Labute approximate surface area is 233 Å². The van der Waals surface area contributed by atoms with Gasteiger partial charge in [-0.1, -0.05) is 63.6 Å². The maximum atomic E-state index is 13.6. The van der Waals surface area contributed by atoms with E-state index in [4.69, 9.17) is 11.6 Å². The molecule has 0 spiro atoms. The van der Waals surface area contributed by atoms with E-state index in [9.17, 15) is 22.8 Å². The fraction of sp³-hybridized carbons (Fsp3) is 0.400. The molecule has 0 aliphatic rings. The summed E-state index contributed by atoms with van der Waals surface area (Å²) < 4.78 is 41.8. The van der Waals surface area contributed by atoms with E-state index in [2.05, 4.69) is 0 Å². The highest BCUT2D eigenvalue weighted by Gasteiger charge is 2.32. The molecule has 9 heteroatoms. The Morgan fingerprint density at radius 2 is 1.56 bits per heavy atom. The van der Waals surface area contributed by atoms with Gasteiger partial charge in [0.2, 0.25) is 5.91 Å². The topological polar surface area (TPSA) is 45.6 Å². The van der Waals surface area contributed by atoms with E-state index < -0.39 is 17.6 Å². The van der Waals surface area contributed by atoms with E-state index >= 15 is 0 Å². The first kappa shape index (κ1) is 30.3. The van der Waals surface area contributed by atoms with Gasteiger partial charge in [0, 0.05) is 42.1 Å². The quantitative estimate of drug-likeness (QED) is 0.253. The Bertz CT molecular complexity index is 1270. The van der Waals surface area contributed by atoms with E-state index in [-0.39, 0.29) is 36.4 Å². The Kier molecular flexibility index (Phi) is 10.2. The predicted molar refractivity (Wildman–Crippen MR) is 147 cm³/mol. The molecule has 3 rings (SSSR count). The lowest BCUT2D eigenvalue weighted by Crippen LogP contribution is -2.45. The second kappa shape index (κ2) is 13.2. The first-order chi connectivity index (χ1) is 18.3. The van der Waals surface area contributed by atoms with Crippen LogP contribution >= 0.6 is 11.6 Å². The van der Waals surface area contributed by atoms with Crippen LogP contribution in [0.4, 0.5) is 13.2 Å². The average molecular weight is 562 g/mol. The predicted octanol–water partition coefficient (Wildman–Crippen LogP) is 6.99.